The second-order valence-electron chi connectivity index (χ2n) is 6.27. The summed E-state index contributed by atoms with van der Waals surface area (Å²) in [4.78, 5) is 2.35. The molecular formula is C19H24N2O2S. The molecule has 0 aliphatic carbocycles. The van der Waals surface area contributed by atoms with Crippen molar-refractivity contribution in [3.05, 3.63) is 65.7 Å². The van der Waals surface area contributed by atoms with Gasteiger partial charge in [0.15, 0.2) is 0 Å². The SMILES string of the molecule is CN(c1ccccc1)S(=O)(=O)CCCN1CCc2ccccc2C1. The minimum Gasteiger partial charge on any atom is -0.299 e. The Bertz CT molecular complexity index is 775. The van der Waals surface area contributed by atoms with Crippen molar-refractivity contribution >= 4 is 15.7 Å². The van der Waals surface area contributed by atoms with E-state index in [0.29, 0.717) is 12.1 Å². The molecule has 0 bridgehead atoms. The summed E-state index contributed by atoms with van der Waals surface area (Å²) in [6.07, 6.45) is 1.70. The van der Waals surface area contributed by atoms with Crippen LogP contribution >= 0.6 is 0 Å². The molecule has 24 heavy (non-hydrogen) atoms. The summed E-state index contributed by atoms with van der Waals surface area (Å²) < 4.78 is 26.3. The third kappa shape index (κ3) is 3.97. The fourth-order valence-electron chi connectivity index (χ4n) is 3.15. The lowest BCUT2D eigenvalue weighted by molar-refractivity contribution is 0.255. The van der Waals surface area contributed by atoms with E-state index in [0.717, 1.165) is 26.1 Å². The molecule has 0 spiro atoms. The number of fused-ring (bicyclic) bond motifs is 1. The summed E-state index contributed by atoms with van der Waals surface area (Å²) in [5.41, 5.74) is 3.50. The molecule has 1 aliphatic rings. The van der Waals surface area contributed by atoms with E-state index < -0.39 is 10.0 Å². The molecule has 3 rings (SSSR count). The van der Waals surface area contributed by atoms with Gasteiger partial charge in [-0.3, -0.25) is 9.21 Å². The first kappa shape index (κ1) is 17.0. The van der Waals surface area contributed by atoms with Crippen molar-refractivity contribution in [2.24, 2.45) is 0 Å². The van der Waals surface area contributed by atoms with Crippen molar-refractivity contribution in [1.29, 1.82) is 0 Å². The molecule has 0 unspecified atom stereocenters. The van der Waals surface area contributed by atoms with E-state index >= 15 is 0 Å². The molecule has 0 amide bonds. The van der Waals surface area contributed by atoms with Gasteiger partial charge < -0.3 is 0 Å². The van der Waals surface area contributed by atoms with Gasteiger partial charge in [0, 0.05) is 20.1 Å². The van der Waals surface area contributed by atoms with Gasteiger partial charge >= 0.3 is 0 Å². The first-order valence-electron chi connectivity index (χ1n) is 8.37. The van der Waals surface area contributed by atoms with Crippen LogP contribution < -0.4 is 4.31 Å². The molecule has 0 aromatic heterocycles. The van der Waals surface area contributed by atoms with E-state index in [-0.39, 0.29) is 5.75 Å². The molecule has 4 nitrogen and oxygen atoms in total. The number of benzene rings is 2. The molecule has 0 saturated heterocycles. The third-order valence-corrected chi connectivity index (χ3v) is 6.47. The van der Waals surface area contributed by atoms with Gasteiger partial charge in [0.2, 0.25) is 10.0 Å². The van der Waals surface area contributed by atoms with Crippen LogP contribution in [0.4, 0.5) is 5.69 Å². The maximum absolute atomic E-state index is 12.5. The lowest BCUT2D eigenvalue weighted by atomic mass is 10.00. The number of anilines is 1. The van der Waals surface area contributed by atoms with Crippen LogP contribution in [-0.2, 0) is 23.0 Å². The lowest BCUT2D eigenvalue weighted by Crippen LogP contribution is -2.34. The second-order valence-corrected chi connectivity index (χ2v) is 8.39. The fraction of sp³-hybridized carbons (Fsp3) is 0.368. The molecule has 0 fully saturated rings. The maximum Gasteiger partial charge on any atom is 0.234 e. The average Bonchev–Trinajstić information content (AvgIpc) is 2.61. The zero-order valence-corrected chi connectivity index (χ0v) is 14.9. The van der Waals surface area contributed by atoms with Crippen molar-refractivity contribution in [2.75, 3.05) is 30.2 Å². The molecule has 128 valence electrons. The summed E-state index contributed by atoms with van der Waals surface area (Å²) in [5.74, 6) is 0.177. The van der Waals surface area contributed by atoms with Crippen molar-refractivity contribution in [3.8, 4) is 0 Å². The molecule has 2 aromatic carbocycles. The Hall–Kier alpha value is -1.85. The van der Waals surface area contributed by atoms with Gasteiger partial charge in [0.05, 0.1) is 11.4 Å². The molecule has 0 saturated carbocycles. The fourth-order valence-corrected chi connectivity index (χ4v) is 4.36. The Kier molecular flexibility index (Phi) is 5.21. The number of sulfonamides is 1. The number of rotatable bonds is 6. The van der Waals surface area contributed by atoms with Gasteiger partial charge in [-0.2, -0.15) is 0 Å². The van der Waals surface area contributed by atoms with Crippen molar-refractivity contribution < 1.29 is 8.42 Å². The predicted molar refractivity (Wildman–Crippen MR) is 98.7 cm³/mol. The molecular weight excluding hydrogens is 320 g/mol. The molecule has 0 radical (unpaired) electrons. The highest BCUT2D eigenvalue weighted by Gasteiger charge is 2.20. The van der Waals surface area contributed by atoms with Crippen LogP contribution in [0.5, 0.6) is 0 Å². The quantitative estimate of drug-likeness (QED) is 0.809. The monoisotopic (exact) mass is 344 g/mol. The first-order valence-corrected chi connectivity index (χ1v) is 9.98. The van der Waals surface area contributed by atoms with Crippen molar-refractivity contribution in [1.82, 2.24) is 4.90 Å². The van der Waals surface area contributed by atoms with E-state index in [1.54, 1.807) is 7.05 Å². The molecule has 2 aromatic rings. The van der Waals surface area contributed by atoms with E-state index in [1.165, 1.54) is 15.4 Å². The van der Waals surface area contributed by atoms with Crippen LogP contribution in [0.15, 0.2) is 54.6 Å². The Morgan fingerprint density at radius 2 is 1.67 bits per heavy atom. The van der Waals surface area contributed by atoms with Gasteiger partial charge in [-0.1, -0.05) is 42.5 Å². The Morgan fingerprint density at radius 1 is 1.00 bits per heavy atom. The number of para-hydroxylation sites is 1. The van der Waals surface area contributed by atoms with Crippen LogP contribution in [-0.4, -0.2) is 39.2 Å². The standard InChI is InChI=1S/C19H24N2O2S/c1-20(19-10-3-2-4-11-19)24(22,23)15-7-13-21-14-12-17-8-5-6-9-18(17)16-21/h2-6,8-11H,7,12-16H2,1H3. The first-order chi connectivity index (χ1) is 11.6. The zero-order chi connectivity index (χ0) is 17.0. The zero-order valence-electron chi connectivity index (χ0n) is 14.1. The maximum atomic E-state index is 12.5. The summed E-state index contributed by atoms with van der Waals surface area (Å²) in [5, 5.41) is 0. The van der Waals surface area contributed by atoms with Gasteiger partial charge in [-0.15, -0.1) is 0 Å². The molecule has 5 heteroatoms. The molecule has 1 aliphatic heterocycles. The van der Waals surface area contributed by atoms with Crippen molar-refractivity contribution in [2.45, 2.75) is 19.4 Å². The van der Waals surface area contributed by atoms with Gasteiger partial charge in [0.25, 0.3) is 0 Å². The molecule has 1 heterocycles. The van der Waals surface area contributed by atoms with Gasteiger partial charge in [-0.05, 0) is 42.6 Å². The highest BCUT2D eigenvalue weighted by molar-refractivity contribution is 7.92. The summed E-state index contributed by atoms with van der Waals surface area (Å²) in [7, 11) is -1.64. The van der Waals surface area contributed by atoms with E-state index in [1.807, 2.05) is 30.3 Å². The Morgan fingerprint density at radius 3 is 2.42 bits per heavy atom. The van der Waals surface area contributed by atoms with Crippen LogP contribution in [0.2, 0.25) is 0 Å². The Balaban J connectivity index is 1.53. The van der Waals surface area contributed by atoms with Crippen molar-refractivity contribution in [3.63, 3.8) is 0 Å². The van der Waals surface area contributed by atoms with Crippen LogP contribution in [0.1, 0.15) is 17.5 Å². The smallest absolute Gasteiger partial charge is 0.234 e. The Labute approximate surface area is 144 Å². The molecule has 0 N–H and O–H groups in total. The minimum atomic E-state index is -3.27. The van der Waals surface area contributed by atoms with Crippen LogP contribution in [0.25, 0.3) is 0 Å². The number of hydrogen-bond donors (Lipinski definition) is 0. The van der Waals surface area contributed by atoms with E-state index in [4.69, 9.17) is 0 Å². The van der Waals surface area contributed by atoms with Crippen LogP contribution in [0.3, 0.4) is 0 Å². The van der Waals surface area contributed by atoms with E-state index in [9.17, 15) is 8.42 Å². The number of nitrogens with zero attached hydrogens (tertiary/aromatic N) is 2. The minimum absolute atomic E-state index is 0.177. The average molecular weight is 344 g/mol. The third-order valence-electron chi connectivity index (χ3n) is 4.62. The van der Waals surface area contributed by atoms with Crippen LogP contribution in [0, 0.1) is 0 Å². The highest BCUT2D eigenvalue weighted by atomic mass is 32.2. The van der Waals surface area contributed by atoms with Gasteiger partial charge in [0.1, 0.15) is 0 Å². The second kappa shape index (κ2) is 7.36. The van der Waals surface area contributed by atoms with Gasteiger partial charge in [-0.25, -0.2) is 8.42 Å². The molecule has 0 atom stereocenters. The summed E-state index contributed by atoms with van der Waals surface area (Å²) in [6.45, 7) is 2.74. The topological polar surface area (TPSA) is 40.6 Å². The summed E-state index contributed by atoms with van der Waals surface area (Å²) >= 11 is 0. The number of hydrogen-bond acceptors (Lipinski definition) is 3. The predicted octanol–water partition coefficient (Wildman–Crippen LogP) is 2.90. The lowest BCUT2D eigenvalue weighted by Gasteiger charge is -2.29. The normalized spacial score (nSPS) is 15.0. The summed E-state index contributed by atoms with van der Waals surface area (Å²) in [6, 6.07) is 17.7. The highest BCUT2D eigenvalue weighted by Crippen LogP contribution is 2.19. The van der Waals surface area contributed by atoms with E-state index in [2.05, 4.69) is 29.2 Å². The largest absolute Gasteiger partial charge is 0.299 e.